The fraction of sp³-hybridized carbons (Fsp3) is 0.300. The van der Waals surface area contributed by atoms with Crippen molar-refractivity contribution in [1.29, 1.82) is 0 Å². The van der Waals surface area contributed by atoms with Crippen LogP contribution in [0.25, 0.3) is 0 Å². The molecule has 1 aliphatic rings. The predicted octanol–water partition coefficient (Wildman–Crippen LogP) is 3.88. The van der Waals surface area contributed by atoms with Crippen LogP contribution in [0.15, 0.2) is 47.2 Å². The van der Waals surface area contributed by atoms with Crippen LogP contribution in [-0.4, -0.2) is 46.9 Å². The van der Waals surface area contributed by atoms with Crippen LogP contribution in [0.1, 0.15) is 20.4 Å². The van der Waals surface area contributed by atoms with E-state index in [4.69, 9.17) is 4.74 Å². The zero-order valence-corrected chi connectivity index (χ0v) is 16.8. The molecule has 28 heavy (non-hydrogen) atoms. The molecule has 0 saturated carbocycles. The average Bonchev–Trinajstić information content (AvgIpc) is 3.40. The highest BCUT2D eigenvalue weighted by atomic mass is 32.1. The van der Waals surface area contributed by atoms with Crippen molar-refractivity contribution in [2.24, 2.45) is 0 Å². The highest BCUT2D eigenvalue weighted by Gasteiger charge is 2.23. The van der Waals surface area contributed by atoms with Crippen molar-refractivity contribution in [3.05, 3.63) is 68.6 Å². The van der Waals surface area contributed by atoms with Crippen molar-refractivity contribution in [3.63, 3.8) is 0 Å². The van der Waals surface area contributed by atoms with Gasteiger partial charge in [-0.3, -0.25) is 9.69 Å². The van der Waals surface area contributed by atoms with Crippen LogP contribution in [-0.2, 0) is 13.2 Å². The highest BCUT2D eigenvalue weighted by molar-refractivity contribution is 7.12. The Labute approximate surface area is 171 Å². The van der Waals surface area contributed by atoms with Crippen molar-refractivity contribution in [1.82, 2.24) is 14.8 Å². The zero-order chi connectivity index (χ0) is 19.3. The Morgan fingerprint density at radius 1 is 1.11 bits per heavy atom. The zero-order valence-electron chi connectivity index (χ0n) is 15.2. The van der Waals surface area contributed by atoms with Gasteiger partial charge in [0.2, 0.25) is 0 Å². The van der Waals surface area contributed by atoms with Gasteiger partial charge in [0.05, 0.1) is 10.6 Å². The van der Waals surface area contributed by atoms with Crippen LogP contribution < -0.4 is 4.74 Å². The Kier molecular flexibility index (Phi) is 5.99. The number of hydrogen-bond donors (Lipinski definition) is 0. The lowest BCUT2D eigenvalue weighted by atomic mass is 10.2. The molecular formula is C20H20FN3O2S2. The predicted molar refractivity (Wildman–Crippen MR) is 108 cm³/mol. The molecule has 4 rings (SSSR count). The van der Waals surface area contributed by atoms with Crippen molar-refractivity contribution in [2.45, 2.75) is 13.2 Å². The van der Waals surface area contributed by atoms with Gasteiger partial charge in [0, 0.05) is 38.1 Å². The summed E-state index contributed by atoms with van der Waals surface area (Å²) < 4.78 is 18.6. The van der Waals surface area contributed by atoms with Crippen LogP contribution in [0, 0.1) is 5.82 Å². The summed E-state index contributed by atoms with van der Waals surface area (Å²) in [4.78, 5) is 22.1. The normalized spacial score (nSPS) is 15.0. The number of hydrogen-bond acceptors (Lipinski definition) is 6. The number of amides is 1. The van der Waals surface area contributed by atoms with Gasteiger partial charge >= 0.3 is 0 Å². The maximum absolute atomic E-state index is 12.9. The summed E-state index contributed by atoms with van der Waals surface area (Å²) >= 11 is 3.05. The van der Waals surface area contributed by atoms with Crippen LogP contribution in [0.2, 0.25) is 0 Å². The number of piperazine rings is 1. The Morgan fingerprint density at radius 3 is 2.61 bits per heavy atom. The van der Waals surface area contributed by atoms with Gasteiger partial charge in [-0.25, -0.2) is 9.37 Å². The quantitative estimate of drug-likeness (QED) is 0.611. The summed E-state index contributed by atoms with van der Waals surface area (Å²) in [6.07, 6.45) is 0. The summed E-state index contributed by atoms with van der Waals surface area (Å²) in [6.45, 7) is 4.31. The third-order valence-corrected chi connectivity index (χ3v) is 6.28. The minimum Gasteiger partial charge on any atom is -0.486 e. The van der Waals surface area contributed by atoms with E-state index in [1.54, 1.807) is 23.5 Å². The second kappa shape index (κ2) is 8.81. The molecule has 0 N–H and O–H groups in total. The van der Waals surface area contributed by atoms with Crippen molar-refractivity contribution < 1.29 is 13.9 Å². The van der Waals surface area contributed by atoms with Crippen LogP contribution in [0.5, 0.6) is 5.75 Å². The molecule has 146 valence electrons. The molecule has 1 amide bonds. The molecule has 0 atom stereocenters. The molecule has 8 heteroatoms. The molecule has 1 saturated heterocycles. The van der Waals surface area contributed by atoms with Gasteiger partial charge in [0.25, 0.3) is 5.91 Å². The molecule has 5 nitrogen and oxygen atoms in total. The van der Waals surface area contributed by atoms with Crippen LogP contribution in [0.4, 0.5) is 4.39 Å². The number of rotatable bonds is 6. The number of thiazole rings is 1. The number of carbonyl (C=O) groups is 1. The van der Waals surface area contributed by atoms with E-state index < -0.39 is 0 Å². The standard InChI is InChI=1S/C20H20FN3O2S2/c21-15-3-5-17(6-4-15)26-13-19-22-16(14-28-19)12-23-7-9-24(10-8-23)20(25)18-2-1-11-27-18/h1-6,11,14H,7-10,12-13H2. The van der Waals surface area contributed by atoms with Gasteiger partial charge in [-0.15, -0.1) is 22.7 Å². The summed E-state index contributed by atoms with van der Waals surface area (Å²) in [5.41, 5.74) is 1.01. The number of benzene rings is 1. The maximum atomic E-state index is 12.9. The number of aromatic nitrogens is 1. The molecule has 1 fully saturated rings. The van der Waals surface area contributed by atoms with Crippen molar-refractivity contribution in [3.8, 4) is 5.75 Å². The van der Waals surface area contributed by atoms with E-state index in [9.17, 15) is 9.18 Å². The number of carbonyl (C=O) groups excluding carboxylic acids is 1. The molecule has 0 aliphatic carbocycles. The fourth-order valence-corrected chi connectivity index (χ4v) is 4.45. The smallest absolute Gasteiger partial charge is 0.264 e. The van der Waals surface area contributed by atoms with Gasteiger partial charge in [-0.05, 0) is 35.7 Å². The molecule has 0 unspecified atom stereocenters. The van der Waals surface area contributed by atoms with E-state index in [0.717, 1.165) is 48.3 Å². The largest absolute Gasteiger partial charge is 0.486 e. The van der Waals surface area contributed by atoms with Gasteiger partial charge < -0.3 is 9.64 Å². The summed E-state index contributed by atoms with van der Waals surface area (Å²) in [6, 6.07) is 9.77. The summed E-state index contributed by atoms with van der Waals surface area (Å²) in [7, 11) is 0. The maximum Gasteiger partial charge on any atom is 0.264 e. The van der Waals surface area contributed by atoms with Crippen LogP contribution in [0.3, 0.4) is 0 Å². The monoisotopic (exact) mass is 417 g/mol. The third-order valence-electron chi connectivity index (χ3n) is 4.55. The van der Waals surface area contributed by atoms with E-state index in [2.05, 4.69) is 9.88 Å². The summed E-state index contributed by atoms with van der Waals surface area (Å²) in [5, 5.41) is 4.88. The lowest BCUT2D eigenvalue weighted by Crippen LogP contribution is -2.48. The Hall–Kier alpha value is -2.29. The molecule has 3 heterocycles. The first-order valence-electron chi connectivity index (χ1n) is 9.04. The minimum absolute atomic E-state index is 0.128. The Morgan fingerprint density at radius 2 is 1.89 bits per heavy atom. The van der Waals surface area contributed by atoms with Gasteiger partial charge in [0.15, 0.2) is 0 Å². The van der Waals surface area contributed by atoms with E-state index in [-0.39, 0.29) is 11.7 Å². The van der Waals surface area contributed by atoms with E-state index >= 15 is 0 Å². The second-order valence-corrected chi connectivity index (χ2v) is 8.41. The number of ether oxygens (including phenoxy) is 1. The highest BCUT2D eigenvalue weighted by Crippen LogP contribution is 2.18. The Balaban J connectivity index is 1.24. The summed E-state index contributed by atoms with van der Waals surface area (Å²) in [5.74, 6) is 0.481. The lowest BCUT2D eigenvalue weighted by Gasteiger charge is -2.34. The number of thiophene rings is 1. The van der Waals surface area contributed by atoms with Gasteiger partial charge in [0.1, 0.15) is 23.2 Å². The first kappa shape index (κ1) is 19.0. The number of nitrogens with zero attached hydrogens (tertiary/aromatic N) is 3. The average molecular weight is 418 g/mol. The SMILES string of the molecule is O=C(c1cccs1)N1CCN(Cc2csc(COc3ccc(F)cc3)n2)CC1. The van der Waals surface area contributed by atoms with Crippen molar-refractivity contribution in [2.75, 3.05) is 26.2 Å². The van der Waals surface area contributed by atoms with E-state index in [0.29, 0.717) is 12.4 Å². The molecule has 0 radical (unpaired) electrons. The van der Waals surface area contributed by atoms with Gasteiger partial charge in [-0.1, -0.05) is 6.07 Å². The third kappa shape index (κ3) is 4.76. The van der Waals surface area contributed by atoms with E-state index in [1.807, 2.05) is 27.8 Å². The van der Waals surface area contributed by atoms with Gasteiger partial charge in [-0.2, -0.15) is 0 Å². The Bertz CT molecular complexity index is 904. The fourth-order valence-electron chi connectivity index (χ4n) is 3.06. The second-order valence-electron chi connectivity index (χ2n) is 6.52. The minimum atomic E-state index is -0.277. The molecule has 3 aromatic rings. The molecule has 1 aliphatic heterocycles. The lowest BCUT2D eigenvalue weighted by molar-refractivity contribution is 0.0632. The van der Waals surface area contributed by atoms with Crippen LogP contribution >= 0.6 is 22.7 Å². The molecule has 0 spiro atoms. The molecule has 1 aromatic carbocycles. The molecule has 2 aromatic heterocycles. The first-order chi connectivity index (χ1) is 13.7. The number of halogens is 1. The van der Waals surface area contributed by atoms with E-state index in [1.165, 1.54) is 23.5 Å². The molecule has 0 bridgehead atoms. The first-order valence-corrected chi connectivity index (χ1v) is 10.8. The molecular weight excluding hydrogens is 397 g/mol. The topological polar surface area (TPSA) is 45.7 Å². The van der Waals surface area contributed by atoms with Crippen molar-refractivity contribution >= 4 is 28.6 Å².